The average Bonchev–Trinajstić information content (AvgIpc) is 2.65. The number of amides is 1. The van der Waals surface area contributed by atoms with Crippen molar-refractivity contribution in [2.75, 3.05) is 17.1 Å². The Kier molecular flexibility index (Phi) is 7.24. The predicted octanol–water partition coefficient (Wildman–Crippen LogP) is 3.55. The van der Waals surface area contributed by atoms with E-state index in [4.69, 9.17) is 4.74 Å². The van der Waals surface area contributed by atoms with Crippen LogP contribution in [0.3, 0.4) is 0 Å². The van der Waals surface area contributed by atoms with Crippen LogP contribution in [0.25, 0.3) is 0 Å². The second kappa shape index (κ2) is 9.41. The molecule has 0 radical (unpaired) electrons. The molecule has 7 heteroatoms. The van der Waals surface area contributed by atoms with E-state index in [1.165, 1.54) is 0 Å². The van der Waals surface area contributed by atoms with Gasteiger partial charge in [-0.3, -0.25) is 9.10 Å². The number of benzene rings is 2. The van der Waals surface area contributed by atoms with E-state index in [9.17, 15) is 13.2 Å². The lowest BCUT2D eigenvalue weighted by Gasteiger charge is -2.23. The van der Waals surface area contributed by atoms with E-state index in [0.29, 0.717) is 17.2 Å². The lowest BCUT2D eigenvalue weighted by Crippen LogP contribution is -2.43. The largest absolute Gasteiger partial charge is 0.457 e. The number of carbonyl (C=O) groups excluding carboxylic acids is 1. The standard InChI is InChI=1S/C20H26N2O4S/c1-4-16(5-2)21-20(23)15-22(27(3,24)25)17-11-13-19(14-12-17)26-18-9-7-6-8-10-18/h6-14,16H,4-5,15H2,1-3H3,(H,21,23). The lowest BCUT2D eigenvalue weighted by atomic mass is 10.2. The van der Waals surface area contributed by atoms with Gasteiger partial charge in [0, 0.05) is 6.04 Å². The van der Waals surface area contributed by atoms with Crippen LogP contribution < -0.4 is 14.4 Å². The minimum absolute atomic E-state index is 0.0422. The van der Waals surface area contributed by atoms with Crippen molar-refractivity contribution in [3.8, 4) is 11.5 Å². The van der Waals surface area contributed by atoms with Crippen molar-refractivity contribution < 1.29 is 17.9 Å². The molecule has 0 heterocycles. The molecule has 0 aliphatic rings. The van der Waals surface area contributed by atoms with Crippen LogP contribution in [0.1, 0.15) is 26.7 Å². The van der Waals surface area contributed by atoms with Crippen LogP contribution in [0.4, 0.5) is 5.69 Å². The van der Waals surface area contributed by atoms with Crippen molar-refractivity contribution in [3.63, 3.8) is 0 Å². The van der Waals surface area contributed by atoms with Crippen LogP contribution in [0.5, 0.6) is 11.5 Å². The Labute approximate surface area is 161 Å². The molecular weight excluding hydrogens is 364 g/mol. The highest BCUT2D eigenvalue weighted by molar-refractivity contribution is 7.92. The monoisotopic (exact) mass is 390 g/mol. The van der Waals surface area contributed by atoms with Gasteiger partial charge in [-0.25, -0.2) is 8.42 Å². The number of nitrogens with zero attached hydrogens (tertiary/aromatic N) is 1. The number of sulfonamides is 1. The Balaban J connectivity index is 2.13. The summed E-state index contributed by atoms with van der Waals surface area (Å²) in [6, 6.07) is 16.0. The fourth-order valence-corrected chi connectivity index (χ4v) is 3.46. The van der Waals surface area contributed by atoms with Crippen LogP contribution in [-0.4, -0.2) is 33.2 Å². The van der Waals surface area contributed by atoms with Gasteiger partial charge in [0.15, 0.2) is 0 Å². The highest BCUT2D eigenvalue weighted by Crippen LogP contribution is 2.25. The minimum atomic E-state index is -3.60. The number of rotatable bonds is 9. The zero-order valence-corrected chi connectivity index (χ0v) is 16.7. The summed E-state index contributed by atoms with van der Waals surface area (Å²) in [7, 11) is -3.60. The Hall–Kier alpha value is -2.54. The van der Waals surface area contributed by atoms with Crippen molar-refractivity contribution in [2.24, 2.45) is 0 Å². The second-order valence-electron chi connectivity index (χ2n) is 6.26. The predicted molar refractivity (Wildman–Crippen MR) is 108 cm³/mol. The molecule has 0 aromatic heterocycles. The fourth-order valence-electron chi connectivity index (χ4n) is 2.60. The van der Waals surface area contributed by atoms with E-state index in [-0.39, 0.29) is 18.5 Å². The zero-order valence-electron chi connectivity index (χ0n) is 15.9. The summed E-state index contributed by atoms with van der Waals surface area (Å²) in [5.74, 6) is 0.952. The molecule has 0 spiro atoms. The molecule has 0 saturated heterocycles. The van der Waals surface area contributed by atoms with Gasteiger partial charge in [0.1, 0.15) is 18.0 Å². The molecular formula is C20H26N2O4S. The molecule has 0 atom stereocenters. The van der Waals surface area contributed by atoms with E-state index >= 15 is 0 Å². The summed E-state index contributed by atoms with van der Waals surface area (Å²) in [5.41, 5.74) is 0.414. The van der Waals surface area contributed by atoms with Gasteiger partial charge in [0.2, 0.25) is 15.9 Å². The third kappa shape index (κ3) is 6.29. The van der Waals surface area contributed by atoms with Crippen molar-refractivity contribution in [1.29, 1.82) is 0 Å². The topological polar surface area (TPSA) is 75.7 Å². The summed E-state index contributed by atoms with van der Waals surface area (Å²) in [5, 5.41) is 2.86. The molecule has 2 aromatic carbocycles. The molecule has 0 aliphatic heterocycles. The highest BCUT2D eigenvalue weighted by atomic mass is 32.2. The van der Waals surface area contributed by atoms with Gasteiger partial charge < -0.3 is 10.1 Å². The van der Waals surface area contributed by atoms with E-state index < -0.39 is 10.0 Å². The lowest BCUT2D eigenvalue weighted by molar-refractivity contribution is -0.120. The summed E-state index contributed by atoms with van der Waals surface area (Å²) in [6.07, 6.45) is 2.69. The van der Waals surface area contributed by atoms with E-state index in [2.05, 4.69) is 5.32 Å². The van der Waals surface area contributed by atoms with Crippen molar-refractivity contribution in [3.05, 3.63) is 54.6 Å². The molecule has 146 valence electrons. The highest BCUT2D eigenvalue weighted by Gasteiger charge is 2.21. The van der Waals surface area contributed by atoms with E-state index in [1.807, 2.05) is 44.2 Å². The van der Waals surface area contributed by atoms with Gasteiger partial charge in [0.25, 0.3) is 0 Å². The van der Waals surface area contributed by atoms with Gasteiger partial charge in [-0.15, -0.1) is 0 Å². The number of para-hydroxylation sites is 1. The molecule has 1 amide bonds. The zero-order chi connectivity index (χ0) is 19.9. The maximum absolute atomic E-state index is 12.3. The maximum atomic E-state index is 12.3. The second-order valence-corrected chi connectivity index (χ2v) is 8.17. The van der Waals surface area contributed by atoms with Gasteiger partial charge in [-0.05, 0) is 49.2 Å². The quantitative estimate of drug-likeness (QED) is 0.710. The Morgan fingerprint density at radius 3 is 2.07 bits per heavy atom. The summed E-state index contributed by atoms with van der Waals surface area (Å²) < 4.78 is 31.2. The average molecular weight is 391 g/mol. The number of anilines is 1. The van der Waals surface area contributed by atoms with Crippen LogP contribution in [-0.2, 0) is 14.8 Å². The van der Waals surface area contributed by atoms with E-state index in [1.54, 1.807) is 24.3 Å². The van der Waals surface area contributed by atoms with Gasteiger partial charge >= 0.3 is 0 Å². The third-order valence-corrected chi connectivity index (χ3v) is 5.28. The Bertz CT molecular complexity index is 832. The Morgan fingerprint density at radius 1 is 1.00 bits per heavy atom. The van der Waals surface area contributed by atoms with Gasteiger partial charge in [-0.1, -0.05) is 32.0 Å². The molecule has 0 aliphatic carbocycles. The first-order chi connectivity index (χ1) is 12.8. The third-order valence-electron chi connectivity index (χ3n) is 4.14. The smallest absolute Gasteiger partial charge is 0.240 e. The molecule has 2 aromatic rings. The number of carbonyl (C=O) groups is 1. The first-order valence-corrected chi connectivity index (χ1v) is 10.8. The molecule has 0 bridgehead atoms. The van der Waals surface area contributed by atoms with Gasteiger partial charge in [0.05, 0.1) is 11.9 Å². The molecule has 2 rings (SSSR count). The van der Waals surface area contributed by atoms with Crippen LogP contribution in [0.2, 0.25) is 0 Å². The number of hydrogen-bond donors (Lipinski definition) is 1. The molecule has 0 unspecified atom stereocenters. The SMILES string of the molecule is CCC(CC)NC(=O)CN(c1ccc(Oc2ccccc2)cc1)S(C)(=O)=O. The molecule has 0 saturated carbocycles. The van der Waals surface area contributed by atoms with E-state index in [0.717, 1.165) is 23.4 Å². The fraction of sp³-hybridized carbons (Fsp3) is 0.350. The number of ether oxygens (including phenoxy) is 1. The minimum Gasteiger partial charge on any atom is -0.457 e. The number of nitrogens with one attached hydrogen (secondary N) is 1. The normalized spacial score (nSPS) is 11.3. The number of hydrogen-bond acceptors (Lipinski definition) is 4. The first kappa shape index (κ1) is 20.8. The Morgan fingerprint density at radius 2 is 1.56 bits per heavy atom. The van der Waals surface area contributed by atoms with Crippen molar-refractivity contribution in [2.45, 2.75) is 32.7 Å². The summed E-state index contributed by atoms with van der Waals surface area (Å²) >= 11 is 0. The van der Waals surface area contributed by atoms with Crippen molar-refractivity contribution >= 4 is 21.6 Å². The van der Waals surface area contributed by atoms with Gasteiger partial charge in [-0.2, -0.15) is 0 Å². The van der Waals surface area contributed by atoms with Crippen molar-refractivity contribution in [1.82, 2.24) is 5.32 Å². The summed E-state index contributed by atoms with van der Waals surface area (Å²) in [6.45, 7) is 3.71. The van der Waals surface area contributed by atoms with Crippen LogP contribution in [0.15, 0.2) is 54.6 Å². The van der Waals surface area contributed by atoms with Crippen LogP contribution in [0, 0.1) is 0 Å². The molecule has 6 nitrogen and oxygen atoms in total. The molecule has 0 fully saturated rings. The molecule has 1 N–H and O–H groups in total. The maximum Gasteiger partial charge on any atom is 0.240 e. The summed E-state index contributed by atoms with van der Waals surface area (Å²) in [4.78, 5) is 12.3. The van der Waals surface area contributed by atoms with Crippen LogP contribution >= 0.6 is 0 Å². The molecule has 27 heavy (non-hydrogen) atoms. The first-order valence-electron chi connectivity index (χ1n) is 8.93.